The number of nitrogens with one attached hydrogen (secondary N) is 1. The first-order valence-electron chi connectivity index (χ1n) is 4.69. The highest BCUT2D eigenvalue weighted by Crippen LogP contribution is 2.22. The second-order valence-electron chi connectivity index (χ2n) is 3.41. The summed E-state index contributed by atoms with van der Waals surface area (Å²) in [7, 11) is 0. The highest BCUT2D eigenvalue weighted by atomic mass is 16.1. The van der Waals surface area contributed by atoms with Crippen molar-refractivity contribution in [1.29, 1.82) is 0 Å². The van der Waals surface area contributed by atoms with Gasteiger partial charge in [0.25, 0.3) is 0 Å². The molecule has 0 fully saturated rings. The molecule has 1 heterocycles. The first-order chi connectivity index (χ1) is 7.24. The second kappa shape index (κ2) is 3.69. The molecule has 75 valence electrons. The summed E-state index contributed by atoms with van der Waals surface area (Å²) in [5.74, 6) is -0.181. The monoisotopic (exact) mass is 200 g/mol. The zero-order valence-corrected chi connectivity index (χ0v) is 8.33. The Morgan fingerprint density at radius 3 is 2.87 bits per heavy atom. The lowest BCUT2D eigenvalue weighted by Crippen LogP contribution is -2.00. The van der Waals surface area contributed by atoms with Gasteiger partial charge >= 0.3 is 0 Å². The van der Waals surface area contributed by atoms with Crippen LogP contribution in [-0.4, -0.2) is 17.1 Å². The number of aryl methyl sites for hydroxylation is 1. The van der Waals surface area contributed by atoms with Crippen LogP contribution in [0.2, 0.25) is 0 Å². The van der Waals surface area contributed by atoms with Gasteiger partial charge in [0, 0.05) is 22.2 Å². The fourth-order valence-corrected chi connectivity index (χ4v) is 1.79. The standard InChI is InChI=1S/C12H10NO2/c1-8-12(11(15)6-7-14)9-4-2-3-5-10(9)13-8/h2-5,13H,6H2,1H3. The average molecular weight is 200 g/mol. The Kier molecular flexibility index (Phi) is 2.37. The van der Waals surface area contributed by atoms with E-state index in [2.05, 4.69) is 4.98 Å². The van der Waals surface area contributed by atoms with Crippen molar-refractivity contribution in [2.24, 2.45) is 0 Å². The van der Waals surface area contributed by atoms with Gasteiger partial charge in [0.15, 0.2) is 5.78 Å². The van der Waals surface area contributed by atoms with E-state index in [1.54, 1.807) is 6.29 Å². The molecule has 0 aliphatic heterocycles. The molecule has 0 atom stereocenters. The number of hydrogen-bond donors (Lipinski definition) is 1. The van der Waals surface area contributed by atoms with Crippen LogP contribution in [0.1, 0.15) is 22.5 Å². The van der Waals surface area contributed by atoms with E-state index in [1.165, 1.54) is 0 Å². The highest BCUT2D eigenvalue weighted by molar-refractivity contribution is 6.12. The first kappa shape index (κ1) is 9.65. The Hall–Kier alpha value is -1.90. The Morgan fingerprint density at radius 2 is 2.13 bits per heavy atom. The molecule has 1 radical (unpaired) electrons. The molecule has 2 rings (SSSR count). The van der Waals surface area contributed by atoms with Gasteiger partial charge in [0.1, 0.15) is 0 Å². The van der Waals surface area contributed by atoms with Crippen LogP contribution in [0.4, 0.5) is 0 Å². The van der Waals surface area contributed by atoms with Gasteiger partial charge in [-0.05, 0) is 13.0 Å². The number of hydrogen-bond acceptors (Lipinski definition) is 2. The quantitative estimate of drug-likeness (QED) is 0.609. The zero-order valence-electron chi connectivity index (χ0n) is 8.33. The van der Waals surface area contributed by atoms with Gasteiger partial charge in [0.05, 0.1) is 6.42 Å². The molecule has 0 amide bonds. The molecule has 3 nitrogen and oxygen atoms in total. The van der Waals surface area contributed by atoms with Crippen molar-refractivity contribution in [2.45, 2.75) is 13.3 Å². The number of rotatable bonds is 3. The molecule has 0 spiro atoms. The molecular weight excluding hydrogens is 190 g/mol. The normalized spacial score (nSPS) is 10.5. The van der Waals surface area contributed by atoms with Crippen molar-refractivity contribution in [2.75, 3.05) is 0 Å². The summed E-state index contributed by atoms with van der Waals surface area (Å²) in [5, 5.41) is 0.871. The summed E-state index contributed by atoms with van der Waals surface area (Å²) >= 11 is 0. The Morgan fingerprint density at radius 1 is 1.40 bits per heavy atom. The highest BCUT2D eigenvalue weighted by Gasteiger charge is 2.14. The smallest absolute Gasteiger partial charge is 0.206 e. The number of benzene rings is 1. The van der Waals surface area contributed by atoms with Crippen molar-refractivity contribution < 1.29 is 9.59 Å². The largest absolute Gasteiger partial charge is 0.358 e. The number of carbonyl (C=O) groups excluding carboxylic acids is 2. The van der Waals surface area contributed by atoms with Crippen LogP contribution in [0.25, 0.3) is 10.9 Å². The average Bonchev–Trinajstić information content (AvgIpc) is 2.54. The summed E-state index contributed by atoms with van der Waals surface area (Å²) in [4.78, 5) is 25.0. The summed E-state index contributed by atoms with van der Waals surface area (Å²) in [6, 6.07) is 7.55. The minimum atomic E-state index is -0.181. The van der Waals surface area contributed by atoms with Crippen LogP contribution in [0, 0.1) is 6.92 Å². The minimum Gasteiger partial charge on any atom is -0.358 e. The molecule has 3 heteroatoms. The number of para-hydroxylation sites is 1. The topological polar surface area (TPSA) is 49.9 Å². The molecule has 0 unspecified atom stereocenters. The second-order valence-corrected chi connectivity index (χ2v) is 3.41. The van der Waals surface area contributed by atoms with E-state index < -0.39 is 0 Å². The number of aromatic amines is 1. The van der Waals surface area contributed by atoms with E-state index in [1.807, 2.05) is 31.2 Å². The maximum absolute atomic E-state index is 11.7. The molecular formula is C12H10NO2. The number of aromatic nitrogens is 1. The Bertz CT molecular complexity index is 525. The molecule has 0 bridgehead atoms. The van der Waals surface area contributed by atoms with Gasteiger partial charge in [-0.1, -0.05) is 18.2 Å². The van der Waals surface area contributed by atoms with Gasteiger partial charge < -0.3 is 4.98 Å². The molecule has 0 aliphatic rings. The lowest BCUT2D eigenvalue weighted by atomic mass is 10.1. The van der Waals surface area contributed by atoms with Crippen molar-refractivity contribution in [3.63, 3.8) is 0 Å². The maximum atomic E-state index is 11.7. The molecule has 1 aromatic carbocycles. The molecule has 1 N–H and O–H groups in total. The van der Waals surface area contributed by atoms with Crippen molar-refractivity contribution in [1.82, 2.24) is 4.98 Å². The predicted octanol–water partition coefficient (Wildman–Crippen LogP) is 2.16. The van der Waals surface area contributed by atoms with Gasteiger partial charge in [-0.15, -0.1) is 0 Å². The lowest BCUT2D eigenvalue weighted by molar-refractivity contribution is 0.100. The number of fused-ring (bicyclic) bond motifs is 1. The summed E-state index contributed by atoms with van der Waals surface area (Å²) < 4.78 is 0. The van der Waals surface area contributed by atoms with Gasteiger partial charge in [-0.25, -0.2) is 0 Å². The van der Waals surface area contributed by atoms with Crippen LogP contribution >= 0.6 is 0 Å². The minimum absolute atomic E-state index is 0.178. The number of Topliss-reactive ketones (excluding diaryl/α,β-unsaturated/α-hetero) is 1. The van der Waals surface area contributed by atoms with Crippen LogP contribution < -0.4 is 0 Å². The summed E-state index contributed by atoms with van der Waals surface area (Å²) in [5.41, 5.74) is 2.33. The van der Waals surface area contributed by atoms with Crippen LogP contribution in [0.5, 0.6) is 0 Å². The van der Waals surface area contributed by atoms with Crippen LogP contribution in [0.15, 0.2) is 24.3 Å². The number of H-pyrrole nitrogens is 1. The number of carbonyl (C=O) groups is 1. The molecule has 0 aliphatic carbocycles. The zero-order chi connectivity index (χ0) is 10.8. The van der Waals surface area contributed by atoms with Gasteiger partial charge in [0.2, 0.25) is 6.29 Å². The lowest BCUT2D eigenvalue weighted by Gasteiger charge is -1.95. The molecule has 0 saturated heterocycles. The van der Waals surface area contributed by atoms with E-state index in [9.17, 15) is 9.59 Å². The van der Waals surface area contributed by atoms with Crippen molar-refractivity contribution in [3.8, 4) is 0 Å². The van der Waals surface area contributed by atoms with Crippen LogP contribution in [-0.2, 0) is 4.79 Å². The fraction of sp³-hybridized carbons (Fsp3) is 0.167. The van der Waals surface area contributed by atoms with E-state index in [4.69, 9.17) is 0 Å². The predicted molar refractivity (Wildman–Crippen MR) is 57.7 cm³/mol. The van der Waals surface area contributed by atoms with E-state index in [-0.39, 0.29) is 12.2 Å². The third-order valence-electron chi connectivity index (χ3n) is 2.41. The van der Waals surface area contributed by atoms with Gasteiger partial charge in [-0.2, -0.15) is 0 Å². The Balaban J connectivity index is 2.63. The Labute approximate surface area is 87.1 Å². The van der Waals surface area contributed by atoms with E-state index in [0.29, 0.717) is 5.56 Å². The molecule has 0 saturated carbocycles. The number of ketones is 1. The van der Waals surface area contributed by atoms with Crippen molar-refractivity contribution in [3.05, 3.63) is 35.5 Å². The molecule has 1 aromatic heterocycles. The van der Waals surface area contributed by atoms with E-state index in [0.717, 1.165) is 16.6 Å². The van der Waals surface area contributed by atoms with Gasteiger partial charge in [-0.3, -0.25) is 9.59 Å². The first-order valence-corrected chi connectivity index (χ1v) is 4.69. The molecule has 2 aromatic rings. The van der Waals surface area contributed by atoms with Crippen LogP contribution in [0.3, 0.4) is 0 Å². The SMILES string of the molecule is Cc1[nH]c2ccccc2c1C(=O)C[C]=O. The van der Waals surface area contributed by atoms with E-state index >= 15 is 0 Å². The third-order valence-corrected chi connectivity index (χ3v) is 2.41. The summed E-state index contributed by atoms with van der Waals surface area (Å²) in [6.45, 7) is 1.83. The maximum Gasteiger partial charge on any atom is 0.206 e. The van der Waals surface area contributed by atoms with Crippen molar-refractivity contribution >= 4 is 23.0 Å². The summed E-state index contributed by atoms with van der Waals surface area (Å²) in [6.07, 6.45) is 1.46. The molecule has 15 heavy (non-hydrogen) atoms. The fourth-order valence-electron chi connectivity index (χ4n) is 1.79. The third kappa shape index (κ3) is 1.56.